The Morgan fingerprint density at radius 3 is 1.60 bits per heavy atom. The third-order valence-electron chi connectivity index (χ3n) is 3.41. The van der Waals surface area contributed by atoms with Crippen molar-refractivity contribution in [1.82, 2.24) is 0 Å². The molecule has 0 atom stereocenters. The van der Waals surface area contributed by atoms with Crippen molar-refractivity contribution >= 4 is 43.7 Å². The van der Waals surface area contributed by atoms with E-state index in [4.69, 9.17) is 22.2 Å². The quantitative estimate of drug-likeness (QED) is 0.464. The zero-order valence-corrected chi connectivity index (χ0v) is 17.1. The first-order valence-electron chi connectivity index (χ1n) is 7.18. The highest BCUT2D eigenvalue weighted by Gasteiger charge is 2.34. The largest absolute Gasteiger partial charge is 0.400 e. The summed E-state index contributed by atoms with van der Waals surface area (Å²) in [4.78, 5) is 0. The molecule has 0 spiro atoms. The van der Waals surface area contributed by atoms with Gasteiger partial charge in [0.25, 0.3) is 0 Å². The van der Waals surface area contributed by atoms with Crippen molar-refractivity contribution in [3.05, 3.63) is 29.3 Å². The highest BCUT2D eigenvalue weighted by molar-refractivity contribution is 7.38. The van der Waals surface area contributed by atoms with Gasteiger partial charge >= 0.3 is 7.58 Å². The maximum absolute atomic E-state index is 6.44. The Kier molecular flexibility index (Phi) is 6.20. The van der Waals surface area contributed by atoms with Crippen molar-refractivity contribution < 1.29 is 0 Å². The first-order valence-corrected chi connectivity index (χ1v) is 14.1. The van der Waals surface area contributed by atoms with Crippen LogP contribution < -0.4 is 4.23 Å². The third-order valence-corrected chi connectivity index (χ3v) is 10.1. The second kappa shape index (κ2) is 6.86. The Bertz CT molecular complexity index is 427. The van der Waals surface area contributed by atoms with Crippen LogP contribution in [0.1, 0.15) is 50.7 Å². The van der Waals surface area contributed by atoms with Crippen molar-refractivity contribution in [3.8, 4) is 0 Å². The Labute approximate surface area is 136 Å². The molecule has 0 fully saturated rings. The Morgan fingerprint density at radius 2 is 1.35 bits per heavy atom. The molecule has 0 unspecified atom stereocenters. The van der Waals surface area contributed by atoms with E-state index >= 15 is 0 Å². The lowest BCUT2D eigenvalue weighted by Crippen LogP contribution is -2.52. The predicted molar refractivity (Wildman–Crippen MR) is 97.9 cm³/mol. The molecule has 1 aromatic rings. The maximum atomic E-state index is 6.44. The van der Waals surface area contributed by atoms with E-state index in [2.05, 4.69) is 69.8 Å². The molecule has 0 aliphatic rings. The topological polar surface area (TPSA) is 3.24 Å². The molecule has 0 bridgehead atoms. The molecule has 5 heteroatoms. The van der Waals surface area contributed by atoms with Gasteiger partial charge in [-0.3, -0.25) is 0 Å². The zero-order valence-electron chi connectivity index (χ0n) is 13.6. The van der Waals surface area contributed by atoms with E-state index in [1.165, 1.54) is 16.8 Å². The van der Waals surface area contributed by atoms with E-state index in [-0.39, 0.29) is 0 Å². The van der Waals surface area contributed by atoms with Gasteiger partial charge in [0, 0.05) is 5.69 Å². The molecule has 0 N–H and O–H groups in total. The van der Waals surface area contributed by atoms with Gasteiger partial charge in [-0.1, -0.05) is 65.5 Å². The number of benzene rings is 1. The summed E-state index contributed by atoms with van der Waals surface area (Å²) >= 11 is 12.9. The Balaban J connectivity index is 3.60. The summed E-state index contributed by atoms with van der Waals surface area (Å²) in [6.45, 7) is 15.9. The fraction of sp³-hybridized carbons (Fsp3) is 0.600. The summed E-state index contributed by atoms with van der Waals surface area (Å²) in [6, 6.07) is 6.60. The van der Waals surface area contributed by atoms with Gasteiger partial charge in [-0.05, 0) is 23.0 Å². The van der Waals surface area contributed by atoms with Crippen LogP contribution in [0.25, 0.3) is 0 Å². The minimum Gasteiger partial charge on any atom is -0.400 e. The van der Waals surface area contributed by atoms with Crippen LogP contribution in [0, 0.1) is 0 Å². The molecule has 1 rings (SSSR count). The number of anilines is 1. The van der Waals surface area contributed by atoms with Gasteiger partial charge < -0.3 is 4.23 Å². The zero-order chi connectivity index (χ0) is 15.7. The summed E-state index contributed by atoms with van der Waals surface area (Å²) in [5.74, 6) is 0.939. The van der Waals surface area contributed by atoms with E-state index in [0.29, 0.717) is 11.8 Å². The molecule has 1 nitrogen and oxygen atoms in total. The average Bonchev–Trinajstić information content (AvgIpc) is 2.25. The summed E-state index contributed by atoms with van der Waals surface area (Å²) in [5, 5.41) is 0. The molecule has 0 saturated heterocycles. The van der Waals surface area contributed by atoms with Gasteiger partial charge in [0.15, 0.2) is 0 Å². The fourth-order valence-corrected chi connectivity index (χ4v) is 10.9. The maximum Gasteiger partial charge on any atom is 0.386 e. The van der Waals surface area contributed by atoms with Crippen LogP contribution in [0.5, 0.6) is 0 Å². The standard InChI is InChI=1S/C15H26Cl2NSi2/c1-11(2)13-9-8-10-14(12(3)4)15(13)18(19(16)17)20(5,6)7/h8-12H,1-7H3. The molecule has 1 aromatic carbocycles. The second-order valence-corrected chi connectivity index (χ2v) is 15.7. The third kappa shape index (κ3) is 4.03. The van der Waals surface area contributed by atoms with Crippen LogP contribution in [0.4, 0.5) is 5.69 Å². The molecule has 0 aliphatic carbocycles. The van der Waals surface area contributed by atoms with Crippen molar-refractivity contribution in [2.24, 2.45) is 0 Å². The smallest absolute Gasteiger partial charge is 0.386 e. The summed E-state index contributed by atoms with van der Waals surface area (Å²) in [5.41, 5.74) is 4.03. The highest BCUT2D eigenvalue weighted by Crippen LogP contribution is 2.39. The molecular weight excluding hydrogens is 321 g/mol. The number of hydrogen-bond acceptors (Lipinski definition) is 1. The van der Waals surface area contributed by atoms with Crippen LogP contribution >= 0.6 is 22.2 Å². The lowest BCUT2D eigenvalue weighted by molar-refractivity contribution is 0.835. The molecule has 0 amide bonds. The fourth-order valence-electron chi connectivity index (χ4n) is 2.44. The molecule has 0 aliphatic heterocycles. The van der Waals surface area contributed by atoms with Crippen LogP contribution in [0.3, 0.4) is 0 Å². The van der Waals surface area contributed by atoms with E-state index in [1.54, 1.807) is 0 Å². The number of halogens is 2. The predicted octanol–water partition coefficient (Wildman–Crippen LogP) is 6.04. The highest BCUT2D eigenvalue weighted by atomic mass is 35.7. The first-order chi connectivity index (χ1) is 9.07. The Morgan fingerprint density at radius 1 is 0.950 bits per heavy atom. The molecule has 1 radical (unpaired) electrons. The van der Waals surface area contributed by atoms with Crippen LogP contribution in [-0.2, 0) is 0 Å². The summed E-state index contributed by atoms with van der Waals surface area (Å²) in [6.07, 6.45) is 0. The van der Waals surface area contributed by atoms with Crippen molar-refractivity contribution in [1.29, 1.82) is 0 Å². The second-order valence-electron chi connectivity index (χ2n) is 6.84. The molecule has 0 heterocycles. The average molecular weight is 347 g/mol. The van der Waals surface area contributed by atoms with Crippen molar-refractivity contribution in [3.63, 3.8) is 0 Å². The van der Waals surface area contributed by atoms with Crippen molar-refractivity contribution in [2.75, 3.05) is 4.23 Å². The lowest BCUT2D eigenvalue weighted by atomic mass is 9.93. The van der Waals surface area contributed by atoms with E-state index in [1.807, 2.05) is 0 Å². The van der Waals surface area contributed by atoms with Crippen LogP contribution in [0.2, 0.25) is 19.6 Å². The molecule has 0 saturated carbocycles. The SMILES string of the molecule is CC(C)c1cccc(C(C)C)c1N([Si](Cl)Cl)[Si](C)(C)C. The normalized spacial score (nSPS) is 12.6. The molecule has 113 valence electrons. The number of para-hydroxylation sites is 1. The van der Waals surface area contributed by atoms with E-state index < -0.39 is 15.8 Å². The van der Waals surface area contributed by atoms with Gasteiger partial charge in [-0.25, -0.2) is 0 Å². The van der Waals surface area contributed by atoms with Crippen LogP contribution in [-0.4, -0.2) is 15.8 Å². The van der Waals surface area contributed by atoms with Crippen LogP contribution in [0.15, 0.2) is 18.2 Å². The Hall–Kier alpha value is 0.0338. The van der Waals surface area contributed by atoms with Gasteiger partial charge in [-0.15, -0.1) is 22.2 Å². The molecule has 0 aromatic heterocycles. The van der Waals surface area contributed by atoms with E-state index in [0.717, 1.165) is 0 Å². The first kappa shape index (κ1) is 18.1. The minimum absolute atomic E-state index is 0.470. The van der Waals surface area contributed by atoms with Gasteiger partial charge in [-0.2, -0.15) is 0 Å². The van der Waals surface area contributed by atoms with Gasteiger partial charge in [0.2, 0.25) is 0 Å². The van der Waals surface area contributed by atoms with Gasteiger partial charge in [0.1, 0.15) is 8.24 Å². The summed E-state index contributed by atoms with van der Waals surface area (Å²) in [7, 11) is -3.18. The van der Waals surface area contributed by atoms with Crippen molar-refractivity contribution in [2.45, 2.75) is 59.2 Å². The number of nitrogens with zero attached hydrogens (tertiary/aromatic N) is 1. The number of hydrogen-bond donors (Lipinski definition) is 0. The summed E-state index contributed by atoms with van der Waals surface area (Å²) < 4.78 is 2.37. The monoisotopic (exact) mass is 346 g/mol. The minimum atomic E-state index is -1.63. The molecular formula is C15H26Cl2NSi2. The number of rotatable bonds is 5. The van der Waals surface area contributed by atoms with E-state index in [9.17, 15) is 0 Å². The molecule has 20 heavy (non-hydrogen) atoms. The van der Waals surface area contributed by atoms with Gasteiger partial charge in [0.05, 0.1) is 0 Å². The lowest BCUT2D eigenvalue weighted by Gasteiger charge is -2.40.